The van der Waals surface area contributed by atoms with Gasteiger partial charge in [0.15, 0.2) is 0 Å². The fourth-order valence-corrected chi connectivity index (χ4v) is 3.15. The maximum Gasteiger partial charge on any atom is 0.254 e. The molecule has 1 aliphatic rings. The average molecular weight is 334 g/mol. The van der Waals surface area contributed by atoms with Crippen molar-refractivity contribution < 1.29 is 4.79 Å². The molecule has 4 heterocycles. The third-order valence-electron chi connectivity index (χ3n) is 4.43. The third kappa shape index (κ3) is 3.13. The quantitative estimate of drug-likeness (QED) is 0.711. The summed E-state index contributed by atoms with van der Waals surface area (Å²) >= 11 is 0. The summed E-state index contributed by atoms with van der Waals surface area (Å²) in [6.07, 6.45) is 9.28. The number of anilines is 1. The molecule has 0 N–H and O–H groups in total. The van der Waals surface area contributed by atoms with Crippen LogP contribution in [-0.4, -0.2) is 56.9 Å². The molecular formula is C18H18N6O. The van der Waals surface area contributed by atoms with Crippen molar-refractivity contribution in [2.45, 2.75) is 6.42 Å². The number of pyridine rings is 2. The van der Waals surface area contributed by atoms with Gasteiger partial charge in [-0.15, -0.1) is 0 Å². The van der Waals surface area contributed by atoms with Gasteiger partial charge in [0.25, 0.3) is 5.91 Å². The van der Waals surface area contributed by atoms with Gasteiger partial charge in [-0.05, 0) is 24.6 Å². The van der Waals surface area contributed by atoms with Gasteiger partial charge in [0, 0.05) is 55.7 Å². The molecule has 126 valence electrons. The molecule has 0 bridgehead atoms. The average Bonchev–Trinajstić information content (AvgIpc) is 2.94. The lowest BCUT2D eigenvalue weighted by atomic mass is 10.2. The summed E-state index contributed by atoms with van der Waals surface area (Å²) in [5.41, 5.74) is 1.52. The van der Waals surface area contributed by atoms with E-state index in [4.69, 9.17) is 0 Å². The summed E-state index contributed by atoms with van der Waals surface area (Å²) in [4.78, 5) is 33.6. The van der Waals surface area contributed by atoms with E-state index in [0.29, 0.717) is 12.1 Å². The predicted octanol–water partition coefficient (Wildman–Crippen LogP) is 1.77. The van der Waals surface area contributed by atoms with Crippen LogP contribution in [0.5, 0.6) is 0 Å². The molecule has 0 radical (unpaired) electrons. The largest absolute Gasteiger partial charge is 0.354 e. The first-order valence-corrected chi connectivity index (χ1v) is 8.32. The van der Waals surface area contributed by atoms with E-state index in [2.05, 4.69) is 24.8 Å². The Labute approximate surface area is 145 Å². The maximum atomic E-state index is 12.7. The third-order valence-corrected chi connectivity index (χ3v) is 4.43. The lowest BCUT2D eigenvalue weighted by Crippen LogP contribution is -2.35. The van der Waals surface area contributed by atoms with Crippen molar-refractivity contribution in [3.8, 4) is 0 Å². The lowest BCUT2D eigenvalue weighted by molar-refractivity contribution is 0.0767. The summed E-state index contributed by atoms with van der Waals surface area (Å²) in [5.74, 6) is 0.964. The number of hydrogen-bond acceptors (Lipinski definition) is 6. The first-order chi connectivity index (χ1) is 12.3. The highest BCUT2D eigenvalue weighted by molar-refractivity contribution is 5.94. The van der Waals surface area contributed by atoms with E-state index in [1.165, 1.54) is 0 Å². The van der Waals surface area contributed by atoms with Gasteiger partial charge in [-0.25, -0.2) is 9.97 Å². The number of rotatable bonds is 2. The number of fused-ring (bicyclic) bond motifs is 1. The Morgan fingerprint density at radius 1 is 0.920 bits per heavy atom. The zero-order chi connectivity index (χ0) is 17.1. The molecule has 0 aromatic carbocycles. The summed E-state index contributed by atoms with van der Waals surface area (Å²) in [5, 5.41) is 0.992. The van der Waals surface area contributed by atoms with Crippen LogP contribution >= 0.6 is 0 Å². The van der Waals surface area contributed by atoms with Crippen molar-refractivity contribution in [3.63, 3.8) is 0 Å². The Morgan fingerprint density at radius 3 is 2.64 bits per heavy atom. The summed E-state index contributed by atoms with van der Waals surface area (Å²) in [6.45, 7) is 3.00. The van der Waals surface area contributed by atoms with Crippen molar-refractivity contribution in [2.75, 3.05) is 31.1 Å². The normalized spacial score (nSPS) is 15.2. The smallest absolute Gasteiger partial charge is 0.254 e. The minimum Gasteiger partial charge on any atom is -0.354 e. The molecule has 7 heteroatoms. The molecule has 0 spiro atoms. The van der Waals surface area contributed by atoms with Gasteiger partial charge in [-0.2, -0.15) is 0 Å². The highest BCUT2D eigenvalue weighted by Crippen LogP contribution is 2.23. The minimum atomic E-state index is 0.0565. The van der Waals surface area contributed by atoms with Crippen LogP contribution in [0, 0.1) is 0 Å². The zero-order valence-corrected chi connectivity index (χ0v) is 13.7. The highest BCUT2D eigenvalue weighted by Gasteiger charge is 2.22. The van der Waals surface area contributed by atoms with Crippen LogP contribution in [0.2, 0.25) is 0 Å². The lowest BCUT2D eigenvalue weighted by Gasteiger charge is -2.23. The van der Waals surface area contributed by atoms with E-state index in [-0.39, 0.29) is 5.91 Å². The number of carbonyl (C=O) groups is 1. The predicted molar refractivity (Wildman–Crippen MR) is 94.3 cm³/mol. The van der Waals surface area contributed by atoms with E-state index in [9.17, 15) is 4.79 Å². The summed E-state index contributed by atoms with van der Waals surface area (Å²) < 4.78 is 0. The van der Waals surface area contributed by atoms with Gasteiger partial charge < -0.3 is 9.80 Å². The molecule has 1 aliphatic heterocycles. The molecule has 0 unspecified atom stereocenters. The second-order valence-electron chi connectivity index (χ2n) is 5.96. The van der Waals surface area contributed by atoms with Crippen LogP contribution in [0.25, 0.3) is 10.9 Å². The van der Waals surface area contributed by atoms with E-state index in [1.807, 2.05) is 11.0 Å². The second-order valence-corrected chi connectivity index (χ2v) is 5.96. The standard InChI is InChI=1S/C18H18N6O/c25-18(14-2-5-19-6-3-14)24-9-1-8-23(10-11-24)17-15-4-7-20-12-16(15)21-13-22-17/h2-7,12-13H,1,8-11H2. The fourth-order valence-electron chi connectivity index (χ4n) is 3.15. The van der Waals surface area contributed by atoms with Crippen molar-refractivity contribution in [1.82, 2.24) is 24.8 Å². The molecule has 4 rings (SSSR count). The Kier molecular flexibility index (Phi) is 4.20. The van der Waals surface area contributed by atoms with Gasteiger partial charge >= 0.3 is 0 Å². The molecule has 25 heavy (non-hydrogen) atoms. The number of nitrogens with zero attached hydrogens (tertiary/aromatic N) is 6. The van der Waals surface area contributed by atoms with Gasteiger partial charge in [0.2, 0.25) is 0 Å². The van der Waals surface area contributed by atoms with Gasteiger partial charge in [-0.3, -0.25) is 14.8 Å². The van der Waals surface area contributed by atoms with E-state index in [1.54, 1.807) is 43.2 Å². The van der Waals surface area contributed by atoms with E-state index < -0.39 is 0 Å². The highest BCUT2D eigenvalue weighted by atomic mass is 16.2. The van der Waals surface area contributed by atoms with E-state index in [0.717, 1.165) is 42.8 Å². The van der Waals surface area contributed by atoms with Crippen LogP contribution in [0.4, 0.5) is 5.82 Å². The first-order valence-electron chi connectivity index (χ1n) is 8.32. The number of hydrogen-bond donors (Lipinski definition) is 0. The molecule has 0 atom stereocenters. The van der Waals surface area contributed by atoms with Crippen molar-refractivity contribution in [3.05, 3.63) is 54.9 Å². The van der Waals surface area contributed by atoms with Crippen LogP contribution in [0.3, 0.4) is 0 Å². The SMILES string of the molecule is O=C(c1ccncc1)N1CCCN(c2ncnc3cnccc23)CC1. The Hall–Kier alpha value is -3.09. The van der Waals surface area contributed by atoms with Gasteiger partial charge in [0.1, 0.15) is 12.1 Å². The summed E-state index contributed by atoms with van der Waals surface area (Å²) in [6, 6.07) is 5.46. The molecular weight excluding hydrogens is 316 g/mol. The maximum absolute atomic E-state index is 12.7. The monoisotopic (exact) mass is 334 g/mol. The van der Waals surface area contributed by atoms with Crippen molar-refractivity contribution in [1.29, 1.82) is 0 Å². The van der Waals surface area contributed by atoms with Crippen LogP contribution in [0.15, 0.2) is 49.3 Å². The molecule has 0 aliphatic carbocycles. The number of amides is 1. The molecule has 3 aromatic heterocycles. The first kappa shape index (κ1) is 15.4. The molecule has 1 saturated heterocycles. The van der Waals surface area contributed by atoms with Crippen LogP contribution in [0.1, 0.15) is 16.8 Å². The fraction of sp³-hybridized carbons (Fsp3) is 0.278. The van der Waals surface area contributed by atoms with Gasteiger partial charge in [0.05, 0.1) is 11.7 Å². The molecule has 1 amide bonds. The Balaban J connectivity index is 1.54. The minimum absolute atomic E-state index is 0.0565. The zero-order valence-electron chi connectivity index (χ0n) is 13.7. The summed E-state index contributed by atoms with van der Waals surface area (Å²) in [7, 11) is 0. The number of aromatic nitrogens is 4. The van der Waals surface area contributed by atoms with Gasteiger partial charge in [-0.1, -0.05) is 0 Å². The molecule has 0 saturated carbocycles. The van der Waals surface area contributed by atoms with Crippen molar-refractivity contribution >= 4 is 22.6 Å². The second kappa shape index (κ2) is 6.80. The molecule has 1 fully saturated rings. The molecule has 3 aromatic rings. The van der Waals surface area contributed by atoms with Crippen molar-refractivity contribution in [2.24, 2.45) is 0 Å². The van der Waals surface area contributed by atoms with E-state index >= 15 is 0 Å². The Bertz CT molecular complexity index is 880. The number of carbonyl (C=O) groups excluding carboxylic acids is 1. The topological polar surface area (TPSA) is 75.1 Å². The molecule has 7 nitrogen and oxygen atoms in total. The van der Waals surface area contributed by atoms with Crippen LogP contribution in [-0.2, 0) is 0 Å². The Morgan fingerprint density at radius 2 is 1.76 bits per heavy atom. The van der Waals surface area contributed by atoms with Crippen LogP contribution < -0.4 is 4.90 Å².